The van der Waals surface area contributed by atoms with E-state index in [0.29, 0.717) is 98.9 Å². The highest BCUT2D eigenvalue weighted by atomic mass is 32.2. The molecule has 6 aliphatic heterocycles. The van der Waals surface area contributed by atoms with Gasteiger partial charge in [0.2, 0.25) is 20.0 Å². The zero-order chi connectivity index (χ0) is 70.4. The lowest BCUT2D eigenvalue weighted by Crippen LogP contribution is -2.49. The molecule has 1 atom stereocenters. The van der Waals surface area contributed by atoms with Crippen LogP contribution in [-0.2, 0) is 50.5 Å². The largest absolute Gasteiger partial charge is 0.552 e. The van der Waals surface area contributed by atoms with Crippen molar-refractivity contribution in [3.63, 3.8) is 0 Å². The third-order valence-electron chi connectivity index (χ3n) is 22.6. The highest BCUT2D eigenvalue weighted by molar-refractivity contribution is 7.89. The van der Waals surface area contributed by atoms with Crippen molar-refractivity contribution in [1.29, 1.82) is 0 Å². The van der Waals surface area contributed by atoms with Crippen molar-refractivity contribution in [2.24, 2.45) is 35.1 Å². The number of aromatic nitrogens is 4. The minimum absolute atomic E-state index is 0.0597. The van der Waals surface area contributed by atoms with Crippen LogP contribution in [0.4, 0.5) is 0 Å². The van der Waals surface area contributed by atoms with Gasteiger partial charge in [-0.05, 0) is 173 Å². The van der Waals surface area contributed by atoms with Crippen LogP contribution in [0.3, 0.4) is 0 Å². The molecule has 2 saturated heterocycles. The van der Waals surface area contributed by atoms with E-state index < -0.39 is 48.5 Å². The molecular formula is C73H92B4N10O13S2. The molecule has 4 saturated carbocycles. The fourth-order valence-electron chi connectivity index (χ4n) is 17.2. The van der Waals surface area contributed by atoms with Crippen molar-refractivity contribution in [1.82, 2.24) is 39.6 Å². The summed E-state index contributed by atoms with van der Waals surface area (Å²) < 4.78 is 80.8. The molecule has 0 spiro atoms. The van der Waals surface area contributed by atoms with Crippen molar-refractivity contribution in [3.05, 3.63) is 140 Å². The van der Waals surface area contributed by atoms with E-state index in [1.165, 1.54) is 35.1 Å². The molecule has 8 aliphatic carbocycles. The fourth-order valence-corrected chi connectivity index (χ4v) is 20.2. The zero-order valence-corrected chi connectivity index (χ0v) is 59.5. The zero-order valence-electron chi connectivity index (χ0n) is 57.9. The predicted octanol–water partition coefficient (Wildman–Crippen LogP) is 6.08. The van der Waals surface area contributed by atoms with Crippen molar-refractivity contribution >= 4 is 95.1 Å². The van der Waals surface area contributed by atoms with Gasteiger partial charge in [0.15, 0.2) is 0 Å². The molecule has 4 aromatic rings. The van der Waals surface area contributed by atoms with Gasteiger partial charge >= 0.3 is 28.5 Å². The van der Waals surface area contributed by atoms with Crippen LogP contribution in [0, 0.1) is 23.7 Å². The summed E-state index contributed by atoms with van der Waals surface area (Å²) in [6.45, 7) is 4.98. The molecule has 4 aromatic heterocycles. The summed E-state index contributed by atoms with van der Waals surface area (Å²) >= 11 is 0. The third kappa shape index (κ3) is 15.3. The lowest BCUT2D eigenvalue weighted by Gasteiger charge is -2.42. The maximum atomic E-state index is 12.4. The Labute approximate surface area is 599 Å². The number of hydrogen-bond acceptors (Lipinski definition) is 21. The molecule has 29 heteroatoms. The molecule has 102 heavy (non-hydrogen) atoms. The molecule has 10 heterocycles. The van der Waals surface area contributed by atoms with E-state index in [1.54, 1.807) is 41.0 Å². The summed E-state index contributed by atoms with van der Waals surface area (Å²) in [6.07, 6.45) is 41.7. The number of allylic oxidation sites excluding steroid dienone is 7. The lowest BCUT2D eigenvalue weighted by molar-refractivity contribution is 0.0691. The number of pyridine rings is 4. The first-order valence-electron chi connectivity index (χ1n) is 36.9. The molecular weight excluding hydrogens is 1330 g/mol. The minimum Gasteiger partial charge on any atom is -0.531 e. The van der Waals surface area contributed by atoms with E-state index >= 15 is 0 Å². The summed E-state index contributed by atoms with van der Waals surface area (Å²) in [6, 6.07) is 2.70. The standard InChI is InChI=1S/C20H26BN3O2.C19H23BN2O3.C17H22BN3O4S.C17H21BN2O4S/c22-13-4-6-14(7-5-13)24-15-8-12(9-15)17-10-21(25)26-19-11-23-18-3-1-2-16(18)20(17)19;23-20-10-16(12-8-14(9-12)22-13-4-6-24-7-5-13)19-15-2-1-3-17(15)21-11-18(19)25-20;19-5-2-6-26(23,24)21-12-7-11(8-12)14-9-18(22)25-16-10-20-15-4-1-3-13(15)17(14)16;1-2-8-25(22,23)20-7-6-12(11-20)14-9-18(21)24-16-10-19-15-5-3-4-13(15)17(14)16/h1-2,10-15,24-25H,3-9,22H2;1-2,10-14,22-23H,3-9H2;1,3,9-12,21-22H,2,4-8,19H2;3-4,9-10,12,21H,2,5-8,11H2,1H3. The SMILES string of the molecule is CCCS(=O)(=O)N1CCC(C2=CB(O)Oc3cnc4c(c32)C=CC4)C1.NC1CCC(NC2CC(C3=CB(O)Oc4cnc5c(c43)C=CC5)C2)CC1.NCCCS(=O)(=O)NC1CC(C2=CB(O)Oc3cnc4c(c32)C=CC4)C1.OB1C=C(C2CC(NC3CCOCC3)C2)c2c(cnc3c2C=CC3)O1. The molecule has 0 radical (unpaired) electrons. The average Bonchev–Trinajstić information content (AvgIpc) is 1.38. The van der Waals surface area contributed by atoms with Gasteiger partial charge in [-0.25, -0.2) is 25.9 Å². The maximum Gasteiger partial charge on any atom is 0.552 e. The van der Waals surface area contributed by atoms with E-state index in [1.807, 2.05) is 31.0 Å². The van der Waals surface area contributed by atoms with Crippen molar-refractivity contribution in [3.8, 4) is 23.0 Å². The summed E-state index contributed by atoms with van der Waals surface area (Å²) in [5, 5.41) is 47.9. The molecule has 0 bridgehead atoms. The lowest BCUT2D eigenvalue weighted by atomic mass is 9.67. The normalized spacial score (nSPS) is 26.7. The van der Waals surface area contributed by atoms with Gasteiger partial charge in [0.1, 0.15) is 23.0 Å². The highest BCUT2D eigenvalue weighted by Gasteiger charge is 2.44. The van der Waals surface area contributed by atoms with Gasteiger partial charge in [-0.3, -0.25) is 19.9 Å². The Morgan fingerprint density at radius 2 is 0.873 bits per heavy atom. The number of sulfonamides is 2. The summed E-state index contributed by atoms with van der Waals surface area (Å²) in [5.74, 6) is 11.3. The smallest absolute Gasteiger partial charge is 0.531 e. The average molecular weight is 1420 g/mol. The first kappa shape index (κ1) is 71.1. The Morgan fingerprint density at radius 3 is 1.25 bits per heavy atom. The maximum absolute atomic E-state index is 12.4. The second-order valence-electron chi connectivity index (χ2n) is 29.5. The molecule has 0 aromatic carbocycles. The fraction of sp³-hybridized carbons (Fsp3) is 0.507. The van der Waals surface area contributed by atoms with Crippen molar-refractivity contribution < 1.29 is 60.3 Å². The van der Waals surface area contributed by atoms with E-state index in [0.717, 1.165) is 175 Å². The van der Waals surface area contributed by atoms with Gasteiger partial charge in [0, 0.05) is 133 Å². The highest BCUT2D eigenvalue weighted by Crippen LogP contribution is 2.51. The molecule has 536 valence electrons. The number of nitrogens with two attached hydrogens (primary N) is 2. The first-order chi connectivity index (χ1) is 49.4. The van der Waals surface area contributed by atoms with Crippen LogP contribution in [0.25, 0.3) is 46.6 Å². The van der Waals surface area contributed by atoms with Crippen LogP contribution in [0.2, 0.25) is 0 Å². The van der Waals surface area contributed by atoms with Crippen molar-refractivity contribution in [2.75, 3.05) is 44.4 Å². The number of hydrogen-bond donors (Lipinski definition) is 9. The summed E-state index contributed by atoms with van der Waals surface area (Å²) in [7, 11) is -10.2. The van der Waals surface area contributed by atoms with Gasteiger partial charge < -0.3 is 65.6 Å². The van der Waals surface area contributed by atoms with E-state index in [9.17, 15) is 36.9 Å². The van der Waals surface area contributed by atoms with Gasteiger partial charge in [-0.2, -0.15) is 0 Å². The molecule has 6 fully saturated rings. The third-order valence-corrected chi connectivity index (χ3v) is 26.1. The molecule has 23 nitrogen and oxygen atoms in total. The Kier molecular flexibility index (Phi) is 21.2. The predicted molar refractivity (Wildman–Crippen MR) is 398 cm³/mol. The van der Waals surface area contributed by atoms with Crippen molar-refractivity contribution in [2.45, 2.75) is 165 Å². The Hall–Kier alpha value is -6.56. The van der Waals surface area contributed by atoms with Crippen LogP contribution in [0.15, 0.2) is 73.0 Å². The summed E-state index contributed by atoms with van der Waals surface area (Å²) in [5.41, 5.74) is 28.8. The van der Waals surface area contributed by atoms with Crippen LogP contribution < -0.4 is 45.4 Å². The quantitative estimate of drug-likeness (QED) is 0.0574. The minimum atomic E-state index is -3.28. The van der Waals surface area contributed by atoms with Crippen LogP contribution in [0.5, 0.6) is 23.0 Å². The Balaban J connectivity index is 0.000000110. The molecule has 0 amide bonds. The number of rotatable bonds is 16. The topological polar surface area (TPSA) is 338 Å². The van der Waals surface area contributed by atoms with E-state index in [4.69, 9.17) is 34.8 Å². The van der Waals surface area contributed by atoms with Crippen LogP contribution in [-0.4, -0.2) is 170 Å². The molecule has 11 N–H and O–H groups in total. The van der Waals surface area contributed by atoms with Gasteiger partial charge in [0.05, 0.1) is 59.1 Å². The number of nitrogens with zero attached hydrogens (tertiary/aromatic N) is 5. The van der Waals surface area contributed by atoms with Gasteiger partial charge in [0.25, 0.3) is 0 Å². The molecule has 14 aliphatic rings. The molecule has 18 rings (SSSR count). The monoisotopic (exact) mass is 1420 g/mol. The van der Waals surface area contributed by atoms with Crippen LogP contribution in [0.1, 0.15) is 171 Å². The Morgan fingerprint density at radius 1 is 0.500 bits per heavy atom. The second kappa shape index (κ2) is 30.5. The Bertz CT molecular complexity index is 4330. The second-order valence-corrected chi connectivity index (χ2v) is 33.5. The molecule has 1 unspecified atom stereocenters. The number of fused-ring (bicyclic) bond motifs is 12. The number of nitrogens with one attached hydrogen (secondary N) is 3. The first-order valence-corrected chi connectivity index (χ1v) is 40.2. The van der Waals surface area contributed by atoms with Gasteiger partial charge in [-0.1, -0.05) is 55.5 Å². The van der Waals surface area contributed by atoms with E-state index in [2.05, 4.69) is 71.7 Å². The number of ether oxygens (including phenoxy) is 1. The summed E-state index contributed by atoms with van der Waals surface area (Å²) in [4.78, 5) is 17.8. The van der Waals surface area contributed by atoms with Gasteiger partial charge in [-0.15, -0.1) is 0 Å². The van der Waals surface area contributed by atoms with Crippen LogP contribution >= 0.6 is 0 Å². The van der Waals surface area contributed by atoms with E-state index in [-0.39, 0.29) is 29.4 Å².